The summed E-state index contributed by atoms with van der Waals surface area (Å²) >= 11 is 0. The van der Waals surface area contributed by atoms with Crippen molar-refractivity contribution in [2.75, 3.05) is 13.2 Å². The first kappa shape index (κ1) is 15.4. The molecule has 6 heteroatoms. The van der Waals surface area contributed by atoms with Crippen LogP contribution >= 0.6 is 0 Å². The average molecular weight is 289 g/mol. The summed E-state index contributed by atoms with van der Waals surface area (Å²) in [5.41, 5.74) is 1.14. The fraction of sp³-hybridized carbons (Fsp3) is 0.533. The van der Waals surface area contributed by atoms with E-state index >= 15 is 0 Å². The molecule has 21 heavy (non-hydrogen) atoms. The molecule has 6 nitrogen and oxygen atoms in total. The first-order chi connectivity index (χ1) is 10.2. The standard InChI is InChI=1S/C15H23N5O/c1-4-10-16-13(11-15-17-19-20(3)18-15)12-8-6-7-9-14(12)21-5-2/h6-9,13,16H,4-5,10-11H2,1-3H3. The van der Waals surface area contributed by atoms with E-state index in [1.54, 1.807) is 7.05 Å². The molecule has 0 aliphatic carbocycles. The van der Waals surface area contributed by atoms with Crippen molar-refractivity contribution < 1.29 is 4.74 Å². The molecule has 0 saturated heterocycles. The molecule has 1 N–H and O–H groups in total. The lowest BCUT2D eigenvalue weighted by Crippen LogP contribution is -2.25. The Morgan fingerprint density at radius 1 is 1.29 bits per heavy atom. The van der Waals surface area contributed by atoms with E-state index in [0.29, 0.717) is 13.0 Å². The molecule has 0 fully saturated rings. The fourth-order valence-electron chi connectivity index (χ4n) is 2.25. The van der Waals surface area contributed by atoms with Gasteiger partial charge in [0.15, 0.2) is 5.82 Å². The van der Waals surface area contributed by atoms with Crippen molar-refractivity contribution in [3.8, 4) is 5.75 Å². The molecular formula is C15H23N5O. The van der Waals surface area contributed by atoms with Gasteiger partial charge in [-0.1, -0.05) is 25.1 Å². The van der Waals surface area contributed by atoms with Gasteiger partial charge in [0.2, 0.25) is 0 Å². The molecule has 0 radical (unpaired) electrons. The van der Waals surface area contributed by atoms with Gasteiger partial charge < -0.3 is 10.1 Å². The van der Waals surface area contributed by atoms with Crippen LogP contribution < -0.4 is 10.1 Å². The number of benzene rings is 1. The van der Waals surface area contributed by atoms with Crippen LogP contribution in [0, 0.1) is 0 Å². The Hall–Kier alpha value is -1.95. The number of rotatable bonds is 8. The van der Waals surface area contributed by atoms with Crippen LogP contribution in [-0.4, -0.2) is 33.4 Å². The van der Waals surface area contributed by atoms with Crippen molar-refractivity contribution in [1.29, 1.82) is 0 Å². The molecule has 1 unspecified atom stereocenters. The molecule has 1 aromatic heterocycles. The number of hydrogen-bond acceptors (Lipinski definition) is 5. The van der Waals surface area contributed by atoms with Gasteiger partial charge in [0.25, 0.3) is 0 Å². The van der Waals surface area contributed by atoms with Gasteiger partial charge in [-0.05, 0) is 31.2 Å². The zero-order valence-electron chi connectivity index (χ0n) is 12.9. The largest absolute Gasteiger partial charge is 0.494 e. The summed E-state index contributed by atoms with van der Waals surface area (Å²) in [5, 5.41) is 15.8. The molecule has 1 atom stereocenters. The summed E-state index contributed by atoms with van der Waals surface area (Å²) in [6, 6.07) is 8.24. The smallest absolute Gasteiger partial charge is 0.176 e. The minimum atomic E-state index is 0.122. The number of aromatic nitrogens is 4. The number of nitrogens with one attached hydrogen (secondary N) is 1. The second kappa shape index (κ2) is 7.73. The first-order valence-electron chi connectivity index (χ1n) is 7.42. The molecule has 1 heterocycles. The van der Waals surface area contributed by atoms with E-state index in [0.717, 1.165) is 30.1 Å². The van der Waals surface area contributed by atoms with Crippen molar-refractivity contribution in [2.45, 2.75) is 32.7 Å². The first-order valence-corrected chi connectivity index (χ1v) is 7.42. The number of aryl methyl sites for hydroxylation is 1. The Bertz CT molecular complexity index is 555. The zero-order chi connectivity index (χ0) is 15.1. The molecule has 1 aromatic carbocycles. The van der Waals surface area contributed by atoms with Gasteiger partial charge in [0.05, 0.1) is 13.7 Å². The van der Waals surface area contributed by atoms with Crippen molar-refractivity contribution in [3.63, 3.8) is 0 Å². The minimum Gasteiger partial charge on any atom is -0.494 e. The van der Waals surface area contributed by atoms with Gasteiger partial charge in [0.1, 0.15) is 5.75 Å². The highest BCUT2D eigenvalue weighted by Gasteiger charge is 2.18. The highest BCUT2D eigenvalue weighted by atomic mass is 16.5. The SMILES string of the molecule is CCCNC(Cc1nnn(C)n1)c1ccccc1OCC. The van der Waals surface area contributed by atoms with Crippen molar-refractivity contribution >= 4 is 0 Å². The molecule has 114 valence electrons. The van der Waals surface area contributed by atoms with Gasteiger partial charge in [0, 0.05) is 18.0 Å². The van der Waals surface area contributed by atoms with Crippen molar-refractivity contribution in [3.05, 3.63) is 35.7 Å². The molecule has 2 rings (SSSR count). The third kappa shape index (κ3) is 4.26. The van der Waals surface area contributed by atoms with E-state index in [1.165, 1.54) is 4.80 Å². The molecule has 0 amide bonds. The van der Waals surface area contributed by atoms with E-state index in [2.05, 4.69) is 33.7 Å². The maximum absolute atomic E-state index is 5.74. The lowest BCUT2D eigenvalue weighted by Gasteiger charge is -2.20. The molecule has 0 saturated carbocycles. The molecule has 0 aliphatic rings. The highest BCUT2D eigenvalue weighted by molar-refractivity contribution is 5.36. The summed E-state index contributed by atoms with van der Waals surface area (Å²) in [6.45, 7) is 5.74. The Balaban J connectivity index is 2.22. The maximum atomic E-state index is 5.74. The van der Waals surface area contributed by atoms with Crippen LogP contribution in [0.15, 0.2) is 24.3 Å². The lowest BCUT2D eigenvalue weighted by molar-refractivity contribution is 0.330. The van der Waals surface area contributed by atoms with Gasteiger partial charge in [-0.25, -0.2) is 0 Å². The quantitative estimate of drug-likeness (QED) is 0.804. The molecule has 0 spiro atoms. The Labute approximate surface area is 125 Å². The third-order valence-corrected chi connectivity index (χ3v) is 3.17. The fourth-order valence-corrected chi connectivity index (χ4v) is 2.25. The average Bonchev–Trinajstić information content (AvgIpc) is 2.90. The maximum Gasteiger partial charge on any atom is 0.176 e. The number of para-hydroxylation sites is 1. The molecular weight excluding hydrogens is 266 g/mol. The Morgan fingerprint density at radius 3 is 2.76 bits per heavy atom. The minimum absolute atomic E-state index is 0.122. The van der Waals surface area contributed by atoms with Crippen LogP contribution in [0.1, 0.15) is 37.7 Å². The van der Waals surface area contributed by atoms with Gasteiger partial charge in [-0.15, -0.1) is 10.2 Å². The monoisotopic (exact) mass is 289 g/mol. The predicted octanol–water partition coefficient (Wildman–Crippen LogP) is 1.89. The topological polar surface area (TPSA) is 64.9 Å². The van der Waals surface area contributed by atoms with E-state index in [4.69, 9.17) is 4.74 Å². The summed E-state index contributed by atoms with van der Waals surface area (Å²) < 4.78 is 5.74. The second-order valence-corrected chi connectivity index (χ2v) is 4.88. The van der Waals surface area contributed by atoms with E-state index in [9.17, 15) is 0 Å². The van der Waals surface area contributed by atoms with Crippen LogP contribution in [0.2, 0.25) is 0 Å². The summed E-state index contributed by atoms with van der Waals surface area (Å²) in [6.07, 6.45) is 1.76. The molecule has 2 aromatic rings. The molecule has 0 aliphatic heterocycles. The Kier molecular flexibility index (Phi) is 5.68. The molecule has 0 bridgehead atoms. The number of ether oxygens (including phenoxy) is 1. The van der Waals surface area contributed by atoms with Crippen LogP contribution in [0.25, 0.3) is 0 Å². The van der Waals surface area contributed by atoms with Crippen molar-refractivity contribution in [2.24, 2.45) is 7.05 Å². The van der Waals surface area contributed by atoms with Crippen LogP contribution in [0.3, 0.4) is 0 Å². The third-order valence-electron chi connectivity index (χ3n) is 3.17. The zero-order valence-corrected chi connectivity index (χ0v) is 12.9. The summed E-state index contributed by atoms with van der Waals surface area (Å²) in [4.78, 5) is 1.49. The van der Waals surface area contributed by atoms with E-state index < -0.39 is 0 Å². The summed E-state index contributed by atoms with van der Waals surface area (Å²) in [5.74, 6) is 1.65. The number of hydrogen-bond donors (Lipinski definition) is 1. The normalized spacial score (nSPS) is 12.3. The van der Waals surface area contributed by atoms with Crippen LogP contribution in [-0.2, 0) is 13.5 Å². The second-order valence-electron chi connectivity index (χ2n) is 4.88. The lowest BCUT2D eigenvalue weighted by atomic mass is 10.0. The van der Waals surface area contributed by atoms with Gasteiger partial charge in [-0.2, -0.15) is 4.80 Å². The van der Waals surface area contributed by atoms with Crippen LogP contribution in [0.5, 0.6) is 5.75 Å². The predicted molar refractivity (Wildman–Crippen MR) is 81.1 cm³/mol. The summed E-state index contributed by atoms with van der Waals surface area (Å²) in [7, 11) is 1.78. The van der Waals surface area contributed by atoms with Crippen LogP contribution in [0.4, 0.5) is 0 Å². The van der Waals surface area contributed by atoms with E-state index in [-0.39, 0.29) is 6.04 Å². The highest BCUT2D eigenvalue weighted by Crippen LogP contribution is 2.27. The number of tetrazole rings is 1. The van der Waals surface area contributed by atoms with Gasteiger partial charge >= 0.3 is 0 Å². The van der Waals surface area contributed by atoms with Gasteiger partial charge in [-0.3, -0.25) is 0 Å². The Morgan fingerprint density at radius 2 is 2.10 bits per heavy atom. The number of nitrogens with zero attached hydrogens (tertiary/aromatic N) is 4. The van der Waals surface area contributed by atoms with Crippen molar-refractivity contribution in [1.82, 2.24) is 25.5 Å². The van der Waals surface area contributed by atoms with E-state index in [1.807, 2.05) is 25.1 Å².